The minimum absolute atomic E-state index is 0.166. The van der Waals surface area contributed by atoms with Gasteiger partial charge in [-0.05, 0) is 23.3 Å². The van der Waals surface area contributed by atoms with Gasteiger partial charge in [-0.15, -0.1) is 0 Å². The topological polar surface area (TPSA) is 60.7 Å². The summed E-state index contributed by atoms with van der Waals surface area (Å²) in [5.74, 6) is -0.162. The van der Waals surface area contributed by atoms with Crippen LogP contribution >= 0.6 is 0 Å². The van der Waals surface area contributed by atoms with Crippen molar-refractivity contribution in [1.29, 1.82) is 0 Å². The van der Waals surface area contributed by atoms with E-state index in [4.69, 9.17) is 0 Å². The molecule has 0 heterocycles. The van der Waals surface area contributed by atoms with Crippen LogP contribution in [-0.4, -0.2) is 15.3 Å². The molecule has 3 heteroatoms. The molecule has 0 bridgehead atoms. The van der Waals surface area contributed by atoms with E-state index < -0.39 is 0 Å². The largest absolute Gasteiger partial charge is 0.507 e. The van der Waals surface area contributed by atoms with Crippen molar-refractivity contribution in [2.75, 3.05) is 0 Å². The van der Waals surface area contributed by atoms with Crippen LogP contribution in [-0.2, 0) is 0 Å². The lowest BCUT2D eigenvalue weighted by Gasteiger charge is -2.13. The molecule has 0 atom stereocenters. The molecule has 3 aromatic rings. The Kier molecular flexibility index (Phi) is 3.24. The maximum atomic E-state index is 10.1. The molecule has 3 nitrogen and oxygen atoms in total. The van der Waals surface area contributed by atoms with Gasteiger partial charge in [0.05, 0.1) is 0 Å². The van der Waals surface area contributed by atoms with Crippen LogP contribution in [0.3, 0.4) is 0 Å². The highest BCUT2D eigenvalue weighted by atomic mass is 16.3. The summed E-state index contributed by atoms with van der Waals surface area (Å²) >= 11 is 0. The quantitative estimate of drug-likeness (QED) is 0.617. The van der Waals surface area contributed by atoms with Gasteiger partial charge >= 0.3 is 0 Å². The first-order valence-electron chi connectivity index (χ1n) is 6.57. The molecule has 0 saturated carbocycles. The Labute approximate surface area is 122 Å². The molecule has 0 aliphatic rings. The second-order valence-corrected chi connectivity index (χ2v) is 4.74. The summed E-state index contributed by atoms with van der Waals surface area (Å²) in [6.45, 7) is 0. The van der Waals surface area contributed by atoms with Crippen LogP contribution in [0.1, 0.15) is 0 Å². The number of aromatic hydroxyl groups is 3. The fraction of sp³-hybridized carbons (Fsp3) is 0. The molecular formula is C18H14O3. The summed E-state index contributed by atoms with van der Waals surface area (Å²) in [4.78, 5) is 0. The molecule has 0 aliphatic carbocycles. The molecule has 3 rings (SSSR count). The third kappa shape index (κ3) is 2.30. The molecule has 0 radical (unpaired) electrons. The van der Waals surface area contributed by atoms with Crippen molar-refractivity contribution in [3.8, 4) is 39.5 Å². The summed E-state index contributed by atoms with van der Waals surface area (Å²) in [5, 5.41) is 29.8. The van der Waals surface area contributed by atoms with E-state index in [2.05, 4.69) is 0 Å². The SMILES string of the molecule is Oc1ccccc1-c1ccccc1-c1cccc(O)c1O. The molecule has 0 fully saturated rings. The summed E-state index contributed by atoms with van der Waals surface area (Å²) in [6.07, 6.45) is 0. The number of rotatable bonds is 2. The molecule has 0 aliphatic heterocycles. The Morgan fingerprint density at radius 1 is 0.429 bits per heavy atom. The summed E-state index contributed by atoms with van der Waals surface area (Å²) in [5.41, 5.74) is 2.73. The van der Waals surface area contributed by atoms with Gasteiger partial charge in [-0.2, -0.15) is 0 Å². The molecule has 0 unspecified atom stereocenters. The smallest absolute Gasteiger partial charge is 0.165 e. The van der Waals surface area contributed by atoms with E-state index in [0.717, 1.165) is 11.1 Å². The van der Waals surface area contributed by atoms with Crippen molar-refractivity contribution in [1.82, 2.24) is 0 Å². The second kappa shape index (κ2) is 5.21. The van der Waals surface area contributed by atoms with Gasteiger partial charge in [0.1, 0.15) is 5.75 Å². The zero-order chi connectivity index (χ0) is 14.8. The third-order valence-electron chi connectivity index (χ3n) is 3.43. The maximum Gasteiger partial charge on any atom is 0.165 e. The van der Waals surface area contributed by atoms with Crippen molar-refractivity contribution >= 4 is 0 Å². The highest BCUT2D eigenvalue weighted by Crippen LogP contribution is 2.42. The van der Waals surface area contributed by atoms with Gasteiger partial charge in [0.15, 0.2) is 11.5 Å². The molecular weight excluding hydrogens is 264 g/mol. The van der Waals surface area contributed by atoms with E-state index in [1.807, 2.05) is 36.4 Å². The van der Waals surface area contributed by atoms with Crippen LogP contribution in [0.15, 0.2) is 66.7 Å². The van der Waals surface area contributed by atoms with Gasteiger partial charge < -0.3 is 15.3 Å². The first-order chi connectivity index (χ1) is 10.2. The van der Waals surface area contributed by atoms with Crippen LogP contribution in [0.5, 0.6) is 17.2 Å². The third-order valence-corrected chi connectivity index (χ3v) is 3.43. The van der Waals surface area contributed by atoms with Crippen LogP contribution in [0, 0.1) is 0 Å². The van der Waals surface area contributed by atoms with E-state index in [0.29, 0.717) is 11.1 Å². The maximum absolute atomic E-state index is 10.1. The average Bonchev–Trinajstić information content (AvgIpc) is 2.51. The predicted octanol–water partition coefficient (Wildman–Crippen LogP) is 4.14. The van der Waals surface area contributed by atoms with E-state index in [-0.39, 0.29) is 17.2 Å². The Hall–Kier alpha value is -2.94. The van der Waals surface area contributed by atoms with Gasteiger partial charge in [0.2, 0.25) is 0 Å². The van der Waals surface area contributed by atoms with Gasteiger partial charge in [-0.25, -0.2) is 0 Å². The normalized spacial score (nSPS) is 10.5. The van der Waals surface area contributed by atoms with Gasteiger partial charge in [0.25, 0.3) is 0 Å². The monoisotopic (exact) mass is 278 g/mol. The first-order valence-corrected chi connectivity index (χ1v) is 6.57. The molecule has 3 N–H and O–H groups in total. The number of para-hydroxylation sites is 2. The van der Waals surface area contributed by atoms with E-state index in [1.54, 1.807) is 24.3 Å². The Morgan fingerprint density at radius 2 is 0.905 bits per heavy atom. The molecule has 0 spiro atoms. The molecule has 0 saturated heterocycles. The van der Waals surface area contributed by atoms with Gasteiger partial charge in [-0.1, -0.05) is 54.6 Å². The first kappa shape index (κ1) is 13.1. The molecule has 0 aromatic heterocycles. The standard InChI is InChI=1S/C18H14O3/c19-16-10-4-3-8-14(16)12-6-1-2-7-13(12)15-9-5-11-17(20)18(15)21/h1-11,19-21H. The Bertz CT molecular complexity index is 794. The lowest BCUT2D eigenvalue weighted by atomic mass is 9.93. The van der Waals surface area contributed by atoms with Crippen molar-refractivity contribution in [3.63, 3.8) is 0 Å². The predicted molar refractivity (Wildman–Crippen MR) is 82.3 cm³/mol. The Balaban J connectivity index is 2.26. The van der Waals surface area contributed by atoms with Crippen molar-refractivity contribution in [3.05, 3.63) is 66.7 Å². The molecule has 3 aromatic carbocycles. The van der Waals surface area contributed by atoms with Crippen molar-refractivity contribution in [2.45, 2.75) is 0 Å². The average molecular weight is 278 g/mol. The second-order valence-electron chi connectivity index (χ2n) is 4.74. The lowest BCUT2D eigenvalue weighted by molar-refractivity contribution is 0.405. The van der Waals surface area contributed by atoms with Crippen molar-refractivity contribution < 1.29 is 15.3 Å². The summed E-state index contributed by atoms with van der Waals surface area (Å²) in [7, 11) is 0. The number of phenols is 3. The van der Waals surface area contributed by atoms with Crippen LogP contribution in [0.4, 0.5) is 0 Å². The fourth-order valence-corrected chi connectivity index (χ4v) is 2.40. The Morgan fingerprint density at radius 3 is 1.57 bits per heavy atom. The van der Waals surface area contributed by atoms with Crippen LogP contribution in [0.25, 0.3) is 22.3 Å². The van der Waals surface area contributed by atoms with E-state index >= 15 is 0 Å². The highest BCUT2D eigenvalue weighted by Gasteiger charge is 2.14. The van der Waals surface area contributed by atoms with Gasteiger partial charge in [-0.3, -0.25) is 0 Å². The number of benzene rings is 3. The highest BCUT2D eigenvalue weighted by molar-refractivity contribution is 5.88. The zero-order valence-corrected chi connectivity index (χ0v) is 11.2. The summed E-state index contributed by atoms with van der Waals surface area (Å²) < 4.78 is 0. The van der Waals surface area contributed by atoms with E-state index in [1.165, 1.54) is 6.07 Å². The van der Waals surface area contributed by atoms with Crippen LogP contribution < -0.4 is 0 Å². The number of hydrogen-bond donors (Lipinski definition) is 3. The minimum atomic E-state index is -0.167. The van der Waals surface area contributed by atoms with Crippen molar-refractivity contribution in [2.24, 2.45) is 0 Å². The van der Waals surface area contributed by atoms with E-state index in [9.17, 15) is 15.3 Å². The fourth-order valence-electron chi connectivity index (χ4n) is 2.40. The van der Waals surface area contributed by atoms with Gasteiger partial charge in [0, 0.05) is 11.1 Å². The molecule has 21 heavy (non-hydrogen) atoms. The minimum Gasteiger partial charge on any atom is -0.507 e. The lowest BCUT2D eigenvalue weighted by Crippen LogP contribution is -1.86. The summed E-state index contributed by atoms with van der Waals surface area (Å²) in [6, 6.07) is 19.3. The number of hydrogen-bond acceptors (Lipinski definition) is 3. The molecule has 0 amide bonds. The van der Waals surface area contributed by atoms with Crippen LogP contribution in [0.2, 0.25) is 0 Å². The molecule has 104 valence electrons. The number of phenolic OH excluding ortho intramolecular Hbond substituents is 3. The zero-order valence-electron chi connectivity index (χ0n) is 11.2.